The normalized spacial score (nSPS) is 11.4. The van der Waals surface area contributed by atoms with E-state index in [0.29, 0.717) is 6.54 Å². The molecule has 0 heterocycles. The maximum absolute atomic E-state index is 12.8. The van der Waals surface area contributed by atoms with Crippen LogP contribution in [0.4, 0.5) is 18.9 Å². The Morgan fingerprint density at radius 2 is 1.95 bits per heavy atom. The molecule has 0 atom stereocenters. The van der Waals surface area contributed by atoms with E-state index in [1.54, 1.807) is 0 Å². The van der Waals surface area contributed by atoms with Crippen LogP contribution in [0.5, 0.6) is 0 Å². The highest BCUT2D eigenvalue weighted by atomic mass is 35.5. The predicted molar refractivity (Wildman–Crippen MR) is 73.6 cm³/mol. The Labute approximate surface area is 116 Å². The smallest absolute Gasteiger partial charge is 0.383 e. The fraction of sp³-hybridized carbons (Fsp3) is 0.429. The summed E-state index contributed by atoms with van der Waals surface area (Å²) in [5, 5.41) is 2.89. The second-order valence-corrected chi connectivity index (χ2v) is 4.63. The second kappa shape index (κ2) is 7.43. The molecule has 0 unspecified atom stereocenters. The topological polar surface area (TPSA) is 12.0 Å². The van der Waals surface area contributed by atoms with Crippen molar-refractivity contribution in [2.75, 3.05) is 11.9 Å². The average molecular weight is 292 g/mol. The molecule has 1 nitrogen and oxygen atoms in total. The molecular weight excluding hydrogens is 275 g/mol. The number of para-hydroxylation sites is 1. The van der Waals surface area contributed by atoms with Gasteiger partial charge < -0.3 is 5.32 Å². The second-order valence-electron chi connectivity index (χ2n) is 4.22. The summed E-state index contributed by atoms with van der Waals surface area (Å²) in [6.07, 6.45) is 1.13. The SMILES string of the molecule is C=CCCCCCNc1c(Cl)cccc1C(F)(F)F. The number of anilines is 1. The quantitative estimate of drug-likeness (QED) is 0.515. The molecule has 0 aliphatic rings. The van der Waals surface area contributed by atoms with E-state index in [1.807, 2.05) is 6.08 Å². The lowest BCUT2D eigenvalue weighted by atomic mass is 10.1. The van der Waals surface area contributed by atoms with Crippen molar-refractivity contribution in [3.05, 3.63) is 41.4 Å². The highest BCUT2D eigenvalue weighted by Gasteiger charge is 2.34. The van der Waals surface area contributed by atoms with Gasteiger partial charge in [0.1, 0.15) is 0 Å². The van der Waals surface area contributed by atoms with E-state index in [-0.39, 0.29) is 10.7 Å². The van der Waals surface area contributed by atoms with Crippen molar-refractivity contribution < 1.29 is 13.2 Å². The Hall–Kier alpha value is -1.16. The van der Waals surface area contributed by atoms with Crippen molar-refractivity contribution >= 4 is 17.3 Å². The van der Waals surface area contributed by atoms with Crippen LogP contribution < -0.4 is 5.32 Å². The van der Waals surface area contributed by atoms with Crippen LogP contribution in [-0.4, -0.2) is 6.54 Å². The van der Waals surface area contributed by atoms with E-state index in [1.165, 1.54) is 12.1 Å². The lowest BCUT2D eigenvalue weighted by Gasteiger charge is -2.15. The summed E-state index contributed by atoms with van der Waals surface area (Å²) in [5.74, 6) is 0. The predicted octanol–water partition coefficient (Wildman–Crippen LogP) is 5.52. The molecule has 0 aliphatic heterocycles. The third-order valence-corrected chi connectivity index (χ3v) is 3.02. The fourth-order valence-electron chi connectivity index (χ4n) is 1.74. The number of unbranched alkanes of at least 4 members (excludes halogenated alkanes) is 3. The molecule has 1 aromatic rings. The van der Waals surface area contributed by atoms with Crippen molar-refractivity contribution in [2.24, 2.45) is 0 Å². The van der Waals surface area contributed by atoms with Crippen LogP contribution in [0.3, 0.4) is 0 Å². The number of halogens is 4. The zero-order valence-corrected chi connectivity index (χ0v) is 11.3. The van der Waals surface area contributed by atoms with E-state index < -0.39 is 11.7 Å². The molecule has 1 aromatic carbocycles. The summed E-state index contributed by atoms with van der Waals surface area (Å²) >= 11 is 5.82. The molecule has 0 radical (unpaired) electrons. The first-order chi connectivity index (χ1) is 8.96. The van der Waals surface area contributed by atoms with Gasteiger partial charge in [-0.15, -0.1) is 6.58 Å². The molecule has 0 fully saturated rings. The van der Waals surface area contributed by atoms with Gasteiger partial charge in [-0.05, 0) is 31.4 Å². The van der Waals surface area contributed by atoms with E-state index in [2.05, 4.69) is 11.9 Å². The van der Waals surface area contributed by atoms with Crippen LogP contribution in [0.15, 0.2) is 30.9 Å². The standard InChI is InChI=1S/C14H17ClF3N/c1-2-3-4-5-6-10-19-13-11(14(16,17)18)8-7-9-12(13)15/h2,7-9,19H,1,3-6,10H2. The Kier molecular flexibility index (Phi) is 6.22. The van der Waals surface area contributed by atoms with Crippen molar-refractivity contribution in [3.8, 4) is 0 Å². The molecule has 0 aliphatic carbocycles. The number of hydrogen-bond donors (Lipinski definition) is 1. The van der Waals surface area contributed by atoms with Gasteiger partial charge >= 0.3 is 6.18 Å². The Balaban J connectivity index is 2.60. The van der Waals surface area contributed by atoms with Crippen LogP contribution >= 0.6 is 11.6 Å². The third-order valence-electron chi connectivity index (χ3n) is 2.71. The van der Waals surface area contributed by atoms with Gasteiger partial charge in [-0.2, -0.15) is 13.2 Å². The van der Waals surface area contributed by atoms with E-state index in [4.69, 9.17) is 11.6 Å². The molecule has 0 saturated heterocycles. The summed E-state index contributed by atoms with van der Waals surface area (Å²) < 4.78 is 38.4. The van der Waals surface area contributed by atoms with Crippen molar-refractivity contribution in [1.29, 1.82) is 0 Å². The van der Waals surface area contributed by atoms with Crippen molar-refractivity contribution in [3.63, 3.8) is 0 Å². The first-order valence-corrected chi connectivity index (χ1v) is 6.55. The lowest BCUT2D eigenvalue weighted by Crippen LogP contribution is -2.12. The minimum atomic E-state index is -4.39. The zero-order valence-electron chi connectivity index (χ0n) is 10.6. The molecule has 1 N–H and O–H groups in total. The number of benzene rings is 1. The lowest BCUT2D eigenvalue weighted by molar-refractivity contribution is -0.136. The molecular formula is C14H17ClF3N. The molecule has 5 heteroatoms. The van der Waals surface area contributed by atoms with Crippen LogP contribution in [0.2, 0.25) is 5.02 Å². The average Bonchev–Trinajstić information content (AvgIpc) is 2.33. The number of alkyl halides is 3. The van der Waals surface area contributed by atoms with Gasteiger partial charge in [-0.1, -0.05) is 30.2 Å². The Morgan fingerprint density at radius 1 is 1.21 bits per heavy atom. The van der Waals surface area contributed by atoms with E-state index >= 15 is 0 Å². The van der Waals surface area contributed by atoms with Crippen LogP contribution in [0, 0.1) is 0 Å². The first-order valence-electron chi connectivity index (χ1n) is 6.17. The van der Waals surface area contributed by atoms with Gasteiger partial charge in [0.15, 0.2) is 0 Å². The molecule has 0 bridgehead atoms. The van der Waals surface area contributed by atoms with Gasteiger partial charge in [0.2, 0.25) is 0 Å². The number of nitrogens with one attached hydrogen (secondary N) is 1. The third kappa shape index (κ3) is 5.15. The number of allylic oxidation sites excluding steroid dienone is 1. The summed E-state index contributed by atoms with van der Waals surface area (Å²) in [6.45, 7) is 4.09. The maximum Gasteiger partial charge on any atom is 0.418 e. The van der Waals surface area contributed by atoms with Crippen LogP contribution in [0.1, 0.15) is 31.2 Å². The molecule has 19 heavy (non-hydrogen) atoms. The maximum atomic E-state index is 12.8. The number of hydrogen-bond acceptors (Lipinski definition) is 1. The van der Waals surface area contributed by atoms with Crippen LogP contribution in [-0.2, 0) is 6.18 Å². The Morgan fingerprint density at radius 3 is 2.58 bits per heavy atom. The van der Waals surface area contributed by atoms with Crippen molar-refractivity contribution in [1.82, 2.24) is 0 Å². The van der Waals surface area contributed by atoms with Gasteiger partial charge in [0.25, 0.3) is 0 Å². The fourth-order valence-corrected chi connectivity index (χ4v) is 1.99. The highest BCUT2D eigenvalue weighted by Crippen LogP contribution is 2.38. The zero-order chi connectivity index (χ0) is 14.3. The van der Waals surface area contributed by atoms with Crippen LogP contribution in [0.25, 0.3) is 0 Å². The van der Waals surface area contributed by atoms with Gasteiger partial charge in [-0.25, -0.2) is 0 Å². The largest absolute Gasteiger partial charge is 0.418 e. The molecule has 0 saturated carbocycles. The molecule has 1 rings (SSSR count). The van der Waals surface area contributed by atoms with Gasteiger partial charge in [-0.3, -0.25) is 0 Å². The minimum Gasteiger partial charge on any atom is -0.383 e. The minimum absolute atomic E-state index is 0.0274. The van der Waals surface area contributed by atoms with E-state index in [9.17, 15) is 13.2 Å². The summed E-state index contributed by atoms with van der Waals surface area (Å²) in [6, 6.07) is 3.79. The van der Waals surface area contributed by atoms with E-state index in [0.717, 1.165) is 31.7 Å². The molecule has 106 valence electrons. The highest BCUT2D eigenvalue weighted by molar-refractivity contribution is 6.33. The summed E-state index contributed by atoms with van der Waals surface area (Å²) in [4.78, 5) is 0. The first kappa shape index (κ1) is 15.9. The monoisotopic (exact) mass is 291 g/mol. The van der Waals surface area contributed by atoms with Crippen molar-refractivity contribution in [2.45, 2.75) is 31.9 Å². The number of rotatable bonds is 7. The molecule has 0 amide bonds. The van der Waals surface area contributed by atoms with Gasteiger partial charge in [0, 0.05) is 6.54 Å². The summed E-state index contributed by atoms with van der Waals surface area (Å²) in [5.41, 5.74) is -0.744. The summed E-state index contributed by atoms with van der Waals surface area (Å²) in [7, 11) is 0. The molecule has 0 aromatic heterocycles. The van der Waals surface area contributed by atoms with Gasteiger partial charge in [0.05, 0.1) is 16.3 Å². The Bertz CT molecular complexity index is 416. The molecule has 0 spiro atoms.